The van der Waals surface area contributed by atoms with Crippen LogP contribution < -0.4 is 5.32 Å². The molecule has 4 N–H and O–H groups in total. The molecule has 4 nitrogen and oxygen atoms in total. The van der Waals surface area contributed by atoms with Crippen LogP contribution in [-0.2, 0) is 5.54 Å². The number of hydrogen-bond acceptors (Lipinski definition) is 4. The van der Waals surface area contributed by atoms with Gasteiger partial charge in [0.1, 0.15) is 11.5 Å². The van der Waals surface area contributed by atoms with Crippen LogP contribution in [0.15, 0.2) is 18.2 Å². The molecule has 7 heteroatoms. The van der Waals surface area contributed by atoms with Gasteiger partial charge in [0.2, 0.25) is 0 Å². The SMILES string of the molecule is CC(CO)(NCC(F)(F)F)c1cc(O)cc(O)c1. The summed E-state index contributed by atoms with van der Waals surface area (Å²) in [5, 5.41) is 30.0. The zero-order chi connectivity index (χ0) is 14.0. The van der Waals surface area contributed by atoms with Gasteiger partial charge < -0.3 is 15.3 Å². The summed E-state index contributed by atoms with van der Waals surface area (Å²) in [6, 6.07) is 3.41. The predicted molar refractivity (Wildman–Crippen MR) is 58.3 cm³/mol. The number of aromatic hydroxyl groups is 2. The van der Waals surface area contributed by atoms with Crippen molar-refractivity contribution in [1.82, 2.24) is 5.32 Å². The lowest BCUT2D eigenvalue weighted by molar-refractivity contribution is -0.129. The molecule has 1 aromatic carbocycles. The van der Waals surface area contributed by atoms with Crippen molar-refractivity contribution in [3.05, 3.63) is 23.8 Å². The van der Waals surface area contributed by atoms with E-state index in [1.165, 1.54) is 19.1 Å². The summed E-state index contributed by atoms with van der Waals surface area (Å²) in [5.74, 6) is -0.586. The van der Waals surface area contributed by atoms with Crippen LogP contribution in [-0.4, -0.2) is 34.6 Å². The van der Waals surface area contributed by atoms with Gasteiger partial charge in [0.05, 0.1) is 18.7 Å². The lowest BCUT2D eigenvalue weighted by atomic mass is 9.92. The highest BCUT2D eigenvalue weighted by molar-refractivity contribution is 5.40. The summed E-state index contributed by atoms with van der Waals surface area (Å²) >= 11 is 0. The molecule has 0 heterocycles. The van der Waals surface area contributed by atoms with Crippen LogP contribution in [0.1, 0.15) is 12.5 Å². The molecular weight excluding hydrogens is 251 g/mol. The van der Waals surface area contributed by atoms with Crippen molar-refractivity contribution in [2.24, 2.45) is 0 Å². The first-order valence-electron chi connectivity index (χ1n) is 5.12. The van der Waals surface area contributed by atoms with E-state index < -0.39 is 24.9 Å². The average molecular weight is 265 g/mol. The third kappa shape index (κ3) is 3.78. The quantitative estimate of drug-likeness (QED) is 0.665. The van der Waals surface area contributed by atoms with Crippen LogP contribution in [0.5, 0.6) is 11.5 Å². The Labute approximate surface area is 102 Å². The minimum Gasteiger partial charge on any atom is -0.508 e. The maximum absolute atomic E-state index is 12.2. The Balaban J connectivity index is 2.99. The molecule has 1 rings (SSSR count). The molecule has 0 spiro atoms. The highest BCUT2D eigenvalue weighted by Gasteiger charge is 2.34. The first-order valence-corrected chi connectivity index (χ1v) is 5.12. The van der Waals surface area contributed by atoms with Gasteiger partial charge in [-0.2, -0.15) is 13.2 Å². The van der Waals surface area contributed by atoms with E-state index in [4.69, 9.17) is 0 Å². The topological polar surface area (TPSA) is 72.7 Å². The summed E-state index contributed by atoms with van der Waals surface area (Å²) in [5.41, 5.74) is -1.25. The van der Waals surface area contributed by atoms with Gasteiger partial charge in [-0.1, -0.05) is 0 Å². The lowest BCUT2D eigenvalue weighted by Gasteiger charge is -2.30. The maximum atomic E-state index is 12.2. The number of aliphatic hydroxyl groups is 1. The number of halogens is 3. The van der Waals surface area contributed by atoms with Crippen LogP contribution in [0.2, 0.25) is 0 Å². The summed E-state index contributed by atoms with van der Waals surface area (Å²) in [7, 11) is 0. The Hall–Kier alpha value is -1.47. The minimum atomic E-state index is -4.42. The molecule has 1 unspecified atom stereocenters. The molecule has 0 saturated carbocycles. The highest BCUT2D eigenvalue weighted by Crippen LogP contribution is 2.29. The predicted octanol–water partition coefficient (Wildman–Crippen LogP) is 1.46. The number of aliphatic hydroxyl groups excluding tert-OH is 1. The second kappa shape index (κ2) is 5.03. The van der Waals surface area contributed by atoms with Crippen LogP contribution in [0, 0.1) is 0 Å². The Morgan fingerprint density at radius 1 is 1.11 bits per heavy atom. The van der Waals surface area contributed by atoms with Gasteiger partial charge in [-0.3, -0.25) is 5.32 Å². The van der Waals surface area contributed by atoms with Crippen molar-refractivity contribution in [3.8, 4) is 11.5 Å². The minimum absolute atomic E-state index is 0.159. The molecule has 0 aromatic heterocycles. The fraction of sp³-hybridized carbons (Fsp3) is 0.455. The van der Waals surface area contributed by atoms with Gasteiger partial charge >= 0.3 is 6.18 Å². The van der Waals surface area contributed by atoms with Crippen LogP contribution in [0.3, 0.4) is 0 Å². The molecule has 0 radical (unpaired) electrons. The van der Waals surface area contributed by atoms with Crippen molar-refractivity contribution in [3.63, 3.8) is 0 Å². The fourth-order valence-corrected chi connectivity index (χ4v) is 1.46. The number of hydrogen-bond donors (Lipinski definition) is 4. The molecule has 0 saturated heterocycles. The number of phenols is 2. The fourth-order valence-electron chi connectivity index (χ4n) is 1.46. The van der Waals surface area contributed by atoms with E-state index in [-0.39, 0.29) is 17.1 Å². The molecule has 18 heavy (non-hydrogen) atoms. The van der Waals surface area contributed by atoms with Gasteiger partial charge in [-0.25, -0.2) is 0 Å². The second-order valence-corrected chi connectivity index (χ2v) is 4.20. The zero-order valence-corrected chi connectivity index (χ0v) is 9.62. The summed E-state index contributed by atoms with van der Waals surface area (Å²) in [6.45, 7) is -0.570. The summed E-state index contributed by atoms with van der Waals surface area (Å²) in [4.78, 5) is 0. The standard InChI is InChI=1S/C11H14F3NO3/c1-10(6-16,15-5-11(12,13)14)7-2-8(17)4-9(18)3-7/h2-4,15-18H,5-6H2,1H3. The van der Waals surface area contributed by atoms with Crippen LogP contribution in [0.4, 0.5) is 13.2 Å². The van der Waals surface area contributed by atoms with E-state index in [9.17, 15) is 28.5 Å². The highest BCUT2D eigenvalue weighted by atomic mass is 19.4. The third-order valence-electron chi connectivity index (χ3n) is 2.53. The van der Waals surface area contributed by atoms with E-state index in [0.717, 1.165) is 6.07 Å². The van der Waals surface area contributed by atoms with Gasteiger partial charge in [-0.05, 0) is 24.6 Å². The van der Waals surface area contributed by atoms with E-state index in [2.05, 4.69) is 5.32 Å². The number of nitrogens with one attached hydrogen (secondary N) is 1. The molecule has 0 aliphatic heterocycles. The van der Waals surface area contributed by atoms with Gasteiger partial charge in [-0.15, -0.1) is 0 Å². The van der Waals surface area contributed by atoms with Crippen molar-refractivity contribution < 1.29 is 28.5 Å². The molecular formula is C11H14F3NO3. The Kier molecular flexibility index (Phi) is 4.08. The van der Waals surface area contributed by atoms with E-state index in [0.29, 0.717) is 0 Å². The Bertz CT molecular complexity index is 402. The molecule has 0 aliphatic rings. The van der Waals surface area contributed by atoms with E-state index in [1.807, 2.05) is 0 Å². The van der Waals surface area contributed by atoms with E-state index in [1.54, 1.807) is 0 Å². The van der Waals surface area contributed by atoms with Gasteiger partial charge in [0.25, 0.3) is 0 Å². The monoisotopic (exact) mass is 265 g/mol. The third-order valence-corrected chi connectivity index (χ3v) is 2.53. The Morgan fingerprint density at radius 3 is 2.00 bits per heavy atom. The normalized spacial score (nSPS) is 15.4. The summed E-state index contributed by atoms with van der Waals surface area (Å²) in [6.07, 6.45) is -4.42. The molecule has 0 bridgehead atoms. The van der Waals surface area contributed by atoms with Gasteiger partial charge in [0, 0.05) is 6.07 Å². The number of benzene rings is 1. The van der Waals surface area contributed by atoms with E-state index >= 15 is 0 Å². The Morgan fingerprint density at radius 2 is 1.61 bits per heavy atom. The molecule has 0 fully saturated rings. The number of rotatable bonds is 4. The first-order chi connectivity index (χ1) is 8.16. The van der Waals surface area contributed by atoms with Crippen molar-refractivity contribution in [1.29, 1.82) is 0 Å². The number of alkyl halides is 3. The second-order valence-electron chi connectivity index (χ2n) is 4.20. The largest absolute Gasteiger partial charge is 0.508 e. The molecule has 1 atom stereocenters. The van der Waals surface area contributed by atoms with Crippen molar-refractivity contribution in [2.75, 3.05) is 13.2 Å². The molecule has 0 aliphatic carbocycles. The smallest absolute Gasteiger partial charge is 0.401 e. The van der Waals surface area contributed by atoms with Crippen molar-refractivity contribution in [2.45, 2.75) is 18.6 Å². The first kappa shape index (κ1) is 14.6. The lowest BCUT2D eigenvalue weighted by Crippen LogP contribution is -2.47. The molecule has 102 valence electrons. The van der Waals surface area contributed by atoms with Gasteiger partial charge in [0.15, 0.2) is 0 Å². The number of phenolic OH excluding ortho intramolecular Hbond substituents is 2. The van der Waals surface area contributed by atoms with Crippen LogP contribution in [0.25, 0.3) is 0 Å². The van der Waals surface area contributed by atoms with Crippen LogP contribution >= 0.6 is 0 Å². The zero-order valence-electron chi connectivity index (χ0n) is 9.62. The maximum Gasteiger partial charge on any atom is 0.401 e. The molecule has 0 amide bonds. The molecule has 1 aromatic rings. The van der Waals surface area contributed by atoms with Crippen molar-refractivity contribution >= 4 is 0 Å². The average Bonchev–Trinajstić information content (AvgIpc) is 2.23. The summed E-state index contributed by atoms with van der Waals surface area (Å²) < 4.78 is 36.5.